The molecule has 0 bridgehead atoms. The van der Waals surface area contributed by atoms with Gasteiger partial charge in [0.1, 0.15) is 6.61 Å². The lowest BCUT2D eigenvalue weighted by atomic mass is 10.00. The lowest BCUT2D eigenvalue weighted by Gasteiger charge is -2.18. The van der Waals surface area contributed by atoms with Gasteiger partial charge in [0.15, 0.2) is 6.10 Å². The van der Waals surface area contributed by atoms with Crippen molar-refractivity contribution in [2.75, 3.05) is 13.2 Å². The van der Waals surface area contributed by atoms with E-state index in [2.05, 4.69) is 54.8 Å². The van der Waals surface area contributed by atoms with E-state index >= 15 is 0 Å². The van der Waals surface area contributed by atoms with Gasteiger partial charge >= 0.3 is 19.8 Å². The van der Waals surface area contributed by atoms with Crippen LogP contribution >= 0.6 is 7.82 Å². The Kier molecular flexibility index (Phi) is 29.0. The van der Waals surface area contributed by atoms with Crippen molar-refractivity contribution in [3.05, 3.63) is 48.6 Å². The maximum atomic E-state index is 12.3. The Labute approximate surface area is 278 Å². The summed E-state index contributed by atoms with van der Waals surface area (Å²) in [5.41, 5.74) is 0. The van der Waals surface area contributed by atoms with E-state index in [4.69, 9.17) is 19.3 Å². The van der Waals surface area contributed by atoms with E-state index < -0.39 is 32.5 Å². The molecule has 46 heavy (non-hydrogen) atoms. The van der Waals surface area contributed by atoms with E-state index in [9.17, 15) is 19.3 Å². The number of carbonyl (C=O) groups excluding carboxylic acids is 2. The Morgan fingerprint density at radius 2 is 1.22 bits per heavy atom. The van der Waals surface area contributed by atoms with Gasteiger partial charge in [-0.05, 0) is 63.7 Å². The zero-order valence-electron chi connectivity index (χ0n) is 28.7. The first-order valence-corrected chi connectivity index (χ1v) is 18.9. The number of unbranched alkanes of at least 4 members (excludes halogenated alkanes) is 6. The highest BCUT2D eigenvalue weighted by molar-refractivity contribution is 7.46. The van der Waals surface area contributed by atoms with Crippen LogP contribution in [0.15, 0.2) is 48.6 Å². The van der Waals surface area contributed by atoms with E-state index in [1.165, 1.54) is 25.7 Å². The average molecular weight is 671 g/mol. The summed E-state index contributed by atoms with van der Waals surface area (Å²) in [6.45, 7) is 5.59. The molecule has 0 saturated carbocycles. The molecule has 0 radical (unpaired) electrons. The summed E-state index contributed by atoms with van der Waals surface area (Å²) in [6, 6.07) is 0. The van der Waals surface area contributed by atoms with Crippen molar-refractivity contribution in [2.24, 2.45) is 5.92 Å². The molecule has 0 amide bonds. The van der Waals surface area contributed by atoms with Crippen LogP contribution in [0.5, 0.6) is 0 Å². The van der Waals surface area contributed by atoms with Crippen molar-refractivity contribution < 1.29 is 43.0 Å². The van der Waals surface area contributed by atoms with Crippen LogP contribution in [0.4, 0.5) is 0 Å². The van der Waals surface area contributed by atoms with Gasteiger partial charge in [-0.1, -0.05) is 114 Å². The smallest absolute Gasteiger partial charge is 0.462 e. The number of carbonyl (C=O) groups is 2. The summed E-state index contributed by atoms with van der Waals surface area (Å²) in [5, 5.41) is 9.52. The quantitative estimate of drug-likeness (QED) is 0.0296. The number of esters is 2. The van der Waals surface area contributed by atoms with E-state index in [1.54, 1.807) is 0 Å². The average Bonchev–Trinajstić information content (AvgIpc) is 3.02. The second-order valence-corrected chi connectivity index (χ2v) is 13.1. The Balaban J connectivity index is 4.13. The standard InChI is InChI=1S/C36H63O9P/c1-4-32(3)26-22-18-16-17-21-25-29-36(39)45-34(31-44-46(40,41)42)30-43-35(38)28-24-20-15-13-11-9-7-6-8-10-12-14-19-23-27-33(37)5-2/h7-10,13-15,19,32-34,37H,4-6,11-12,16-18,20-31H2,1-3H3,(H2,40,41,42)/b9-7-,10-8-,15-13-,19-14-/t32?,33-,34+/m0/s1. The molecule has 0 aromatic rings. The molecular weight excluding hydrogens is 607 g/mol. The van der Waals surface area contributed by atoms with Gasteiger partial charge in [0.25, 0.3) is 0 Å². The summed E-state index contributed by atoms with van der Waals surface area (Å²) < 4.78 is 26.1. The molecule has 0 rings (SSSR count). The maximum absolute atomic E-state index is 12.3. The number of rotatable bonds is 30. The molecule has 266 valence electrons. The number of hydrogen-bond donors (Lipinski definition) is 3. The molecular formula is C36H63O9P. The highest BCUT2D eigenvalue weighted by Gasteiger charge is 2.22. The van der Waals surface area contributed by atoms with E-state index in [1.807, 2.05) is 19.1 Å². The van der Waals surface area contributed by atoms with Gasteiger partial charge in [0.2, 0.25) is 0 Å². The zero-order chi connectivity index (χ0) is 34.3. The van der Waals surface area contributed by atoms with Crippen LogP contribution in [-0.2, 0) is 28.2 Å². The predicted octanol–water partition coefficient (Wildman–Crippen LogP) is 8.83. The molecule has 0 heterocycles. The second-order valence-electron chi connectivity index (χ2n) is 11.9. The lowest BCUT2D eigenvalue weighted by molar-refractivity contribution is -0.161. The molecule has 0 aliphatic carbocycles. The van der Waals surface area contributed by atoms with Gasteiger partial charge in [0.05, 0.1) is 12.7 Å². The highest BCUT2D eigenvalue weighted by atomic mass is 31.2. The molecule has 0 fully saturated rings. The molecule has 1 unspecified atom stereocenters. The van der Waals surface area contributed by atoms with Gasteiger partial charge in [0, 0.05) is 12.8 Å². The number of phosphoric acid groups is 1. The Bertz CT molecular complexity index is 922. The molecule has 10 heteroatoms. The van der Waals surface area contributed by atoms with E-state index in [0.717, 1.165) is 63.7 Å². The zero-order valence-corrected chi connectivity index (χ0v) is 29.6. The fourth-order valence-electron chi connectivity index (χ4n) is 4.38. The third-order valence-electron chi connectivity index (χ3n) is 7.55. The van der Waals surface area contributed by atoms with Crippen LogP contribution in [0.1, 0.15) is 136 Å². The largest absolute Gasteiger partial charge is 0.469 e. The van der Waals surface area contributed by atoms with Crippen molar-refractivity contribution in [1.29, 1.82) is 0 Å². The van der Waals surface area contributed by atoms with Gasteiger partial charge in [-0.25, -0.2) is 4.57 Å². The molecule has 0 aliphatic rings. The SMILES string of the molecule is CCC(C)CCCCCCCCC(=O)O[C@H](COC(=O)CCC/C=C\C/C=C\C/C=C\C/C=C\CC[C@@H](O)CC)COP(=O)(O)O. The van der Waals surface area contributed by atoms with Crippen molar-refractivity contribution in [3.63, 3.8) is 0 Å². The third kappa shape index (κ3) is 31.9. The topological polar surface area (TPSA) is 140 Å². The number of aliphatic hydroxyl groups is 1. The number of allylic oxidation sites excluding steroid dienone is 8. The molecule has 3 atom stereocenters. The minimum Gasteiger partial charge on any atom is -0.462 e. The Morgan fingerprint density at radius 3 is 1.80 bits per heavy atom. The first-order valence-electron chi connectivity index (χ1n) is 17.4. The monoisotopic (exact) mass is 670 g/mol. The van der Waals surface area contributed by atoms with Gasteiger partial charge in [-0.15, -0.1) is 0 Å². The normalized spacial score (nSPS) is 14.5. The highest BCUT2D eigenvalue weighted by Crippen LogP contribution is 2.36. The van der Waals surface area contributed by atoms with Gasteiger partial charge < -0.3 is 24.4 Å². The van der Waals surface area contributed by atoms with Crippen LogP contribution in [0, 0.1) is 5.92 Å². The van der Waals surface area contributed by atoms with E-state index in [-0.39, 0.29) is 25.6 Å². The summed E-state index contributed by atoms with van der Waals surface area (Å²) in [6.07, 6.45) is 30.9. The van der Waals surface area contributed by atoms with Crippen molar-refractivity contribution >= 4 is 19.8 Å². The molecule has 3 N–H and O–H groups in total. The molecule has 0 spiro atoms. The molecule has 0 aromatic carbocycles. The summed E-state index contributed by atoms with van der Waals surface area (Å²) in [4.78, 5) is 42.5. The van der Waals surface area contributed by atoms with Crippen LogP contribution in [0.3, 0.4) is 0 Å². The van der Waals surface area contributed by atoms with Crippen LogP contribution in [-0.4, -0.2) is 52.3 Å². The minimum absolute atomic E-state index is 0.177. The third-order valence-corrected chi connectivity index (χ3v) is 8.04. The molecule has 0 aromatic heterocycles. The van der Waals surface area contributed by atoms with Crippen LogP contribution in [0.25, 0.3) is 0 Å². The Hall–Kier alpha value is -2.03. The summed E-state index contributed by atoms with van der Waals surface area (Å²) in [5.74, 6) is -0.207. The first-order chi connectivity index (χ1) is 22.1. The lowest BCUT2D eigenvalue weighted by Crippen LogP contribution is -2.29. The molecule has 0 saturated heterocycles. The Morgan fingerprint density at radius 1 is 0.674 bits per heavy atom. The predicted molar refractivity (Wildman–Crippen MR) is 185 cm³/mol. The summed E-state index contributed by atoms with van der Waals surface area (Å²) in [7, 11) is -4.76. The maximum Gasteiger partial charge on any atom is 0.469 e. The fraction of sp³-hybridized carbons (Fsp3) is 0.722. The number of aliphatic hydroxyl groups excluding tert-OH is 1. The fourth-order valence-corrected chi connectivity index (χ4v) is 4.74. The van der Waals surface area contributed by atoms with Gasteiger partial charge in [-0.3, -0.25) is 14.1 Å². The van der Waals surface area contributed by atoms with Crippen LogP contribution < -0.4 is 0 Å². The van der Waals surface area contributed by atoms with Crippen LogP contribution in [0.2, 0.25) is 0 Å². The number of phosphoric ester groups is 1. The number of ether oxygens (including phenoxy) is 2. The minimum atomic E-state index is -4.76. The van der Waals surface area contributed by atoms with E-state index in [0.29, 0.717) is 19.3 Å². The van der Waals surface area contributed by atoms with Crippen molar-refractivity contribution in [3.8, 4) is 0 Å². The van der Waals surface area contributed by atoms with Crippen molar-refractivity contribution in [2.45, 2.75) is 149 Å². The molecule has 0 aliphatic heterocycles. The second kappa shape index (κ2) is 30.3. The van der Waals surface area contributed by atoms with Crippen molar-refractivity contribution in [1.82, 2.24) is 0 Å². The number of hydrogen-bond acceptors (Lipinski definition) is 7. The molecule has 9 nitrogen and oxygen atoms in total. The van der Waals surface area contributed by atoms with Gasteiger partial charge in [-0.2, -0.15) is 0 Å². The first kappa shape index (κ1) is 44.0. The summed E-state index contributed by atoms with van der Waals surface area (Å²) >= 11 is 0.